The Morgan fingerprint density at radius 1 is 1.24 bits per heavy atom. The Morgan fingerprint density at radius 2 is 1.97 bits per heavy atom. The van der Waals surface area contributed by atoms with E-state index in [0.29, 0.717) is 24.4 Å². The molecule has 0 radical (unpaired) electrons. The molecule has 1 aromatic heterocycles. The predicted molar refractivity (Wildman–Crippen MR) is 114 cm³/mol. The molecular formula is C22H26N2O4S. The van der Waals surface area contributed by atoms with Crippen molar-refractivity contribution in [2.75, 3.05) is 34.3 Å². The van der Waals surface area contributed by atoms with E-state index >= 15 is 0 Å². The number of Topliss-reactive ketones (excluding diaryl/α,β-unsaturated/α-hetero) is 1. The zero-order valence-corrected chi connectivity index (χ0v) is 18.2. The Balaban J connectivity index is 2.21. The first-order valence-corrected chi connectivity index (χ1v) is 10.3. The van der Waals surface area contributed by atoms with Crippen LogP contribution in [0.1, 0.15) is 27.6 Å². The molecule has 0 bridgehead atoms. The van der Waals surface area contributed by atoms with E-state index in [0.717, 1.165) is 16.0 Å². The maximum Gasteiger partial charge on any atom is 0.295 e. The van der Waals surface area contributed by atoms with Gasteiger partial charge < -0.3 is 19.6 Å². The van der Waals surface area contributed by atoms with Crippen LogP contribution in [0.25, 0.3) is 5.76 Å². The smallest absolute Gasteiger partial charge is 0.295 e. The van der Waals surface area contributed by atoms with Crippen LogP contribution < -0.4 is 4.74 Å². The van der Waals surface area contributed by atoms with E-state index < -0.39 is 17.7 Å². The molecule has 1 atom stereocenters. The third-order valence-electron chi connectivity index (χ3n) is 5.09. The summed E-state index contributed by atoms with van der Waals surface area (Å²) < 4.78 is 5.39. The minimum atomic E-state index is -0.664. The number of likely N-dealkylation sites (tertiary alicyclic amines) is 1. The van der Waals surface area contributed by atoms with Crippen molar-refractivity contribution >= 4 is 28.8 Å². The fourth-order valence-electron chi connectivity index (χ4n) is 3.51. The van der Waals surface area contributed by atoms with Gasteiger partial charge in [-0.15, -0.1) is 11.3 Å². The average Bonchev–Trinajstić information content (AvgIpc) is 3.20. The second-order valence-electron chi connectivity index (χ2n) is 7.47. The highest BCUT2D eigenvalue weighted by Gasteiger charge is 2.47. The van der Waals surface area contributed by atoms with Crippen LogP contribution in [0.4, 0.5) is 0 Å². The number of likely N-dealkylation sites (N-methyl/N-ethyl adjacent to an activating group) is 1. The summed E-state index contributed by atoms with van der Waals surface area (Å²) in [5.74, 6) is -0.997. The Kier molecular flexibility index (Phi) is 6.10. The largest absolute Gasteiger partial charge is 0.507 e. The molecule has 1 amide bonds. The van der Waals surface area contributed by atoms with Crippen LogP contribution in [0.5, 0.6) is 5.75 Å². The number of aliphatic hydroxyl groups is 1. The molecule has 1 aliphatic rings. The SMILES string of the molecule is COc1ccc(C)cc1/C(O)=C1\C(=O)C(=O)N(CCN(C)C)C1c1sccc1C. The molecule has 2 aromatic rings. The third-order valence-corrected chi connectivity index (χ3v) is 6.16. The number of methoxy groups -OCH3 is 1. The summed E-state index contributed by atoms with van der Waals surface area (Å²) in [5, 5.41) is 13.1. The summed E-state index contributed by atoms with van der Waals surface area (Å²) in [6.45, 7) is 4.85. The van der Waals surface area contributed by atoms with Crippen LogP contribution in [0.3, 0.4) is 0 Å². The lowest BCUT2D eigenvalue weighted by Gasteiger charge is -2.26. The number of thiophene rings is 1. The van der Waals surface area contributed by atoms with E-state index in [1.807, 2.05) is 50.4 Å². The van der Waals surface area contributed by atoms with Crippen LogP contribution in [-0.2, 0) is 9.59 Å². The van der Waals surface area contributed by atoms with E-state index in [1.165, 1.54) is 18.4 Å². The van der Waals surface area contributed by atoms with E-state index in [9.17, 15) is 14.7 Å². The maximum absolute atomic E-state index is 13.0. The van der Waals surface area contributed by atoms with Gasteiger partial charge in [-0.3, -0.25) is 9.59 Å². The molecule has 0 aliphatic carbocycles. The van der Waals surface area contributed by atoms with E-state index in [2.05, 4.69) is 0 Å². The molecule has 29 heavy (non-hydrogen) atoms. The van der Waals surface area contributed by atoms with Gasteiger partial charge in [-0.25, -0.2) is 0 Å². The molecule has 1 fully saturated rings. The lowest BCUT2D eigenvalue weighted by molar-refractivity contribution is -0.140. The zero-order chi connectivity index (χ0) is 21.3. The topological polar surface area (TPSA) is 70.1 Å². The molecule has 154 valence electrons. The van der Waals surface area contributed by atoms with Crippen LogP contribution in [0, 0.1) is 13.8 Å². The van der Waals surface area contributed by atoms with Crippen LogP contribution in [0.15, 0.2) is 35.2 Å². The molecule has 3 rings (SSSR count). The normalized spacial score (nSPS) is 18.7. The number of amides is 1. The highest BCUT2D eigenvalue weighted by molar-refractivity contribution is 7.10. The minimum Gasteiger partial charge on any atom is -0.507 e. The number of hydrogen-bond donors (Lipinski definition) is 1. The highest BCUT2D eigenvalue weighted by atomic mass is 32.1. The molecule has 7 heteroatoms. The Hall–Kier alpha value is -2.64. The summed E-state index contributed by atoms with van der Waals surface area (Å²) in [7, 11) is 5.34. The second kappa shape index (κ2) is 8.39. The van der Waals surface area contributed by atoms with Gasteiger partial charge in [-0.1, -0.05) is 11.6 Å². The van der Waals surface area contributed by atoms with Crippen LogP contribution in [0.2, 0.25) is 0 Å². The Bertz CT molecular complexity index is 977. The van der Waals surface area contributed by atoms with Crippen molar-refractivity contribution in [3.05, 3.63) is 56.8 Å². The van der Waals surface area contributed by atoms with E-state index in [4.69, 9.17) is 4.74 Å². The van der Waals surface area contributed by atoms with Gasteiger partial charge >= 0.3 is 0 Å². The lowest BCUT2D eigenvalue weighted by Crippen LogP contribution is -2.35. The lowest BCUT2D eigenvalue weighted by atomic mass is 9.97. The van der Waals surface area contributed by atoms with Crippen molar-refractivity contribution < 1.29 is 19.4 Å². The third kappa shape index (κ3) is 3.93. The number of nitrogens with zero attached hydrogens (tertiary/aromatic N) is 2. The maximum atomic E-state index is 13.0. The molecule has 1 aliphatic heterocycles. The van der Waals surface area contributed by atoms with Crippen molar-refractivity contribution in [3.63, 3.8) is 0 Å². The number of ether oxygens (including phenoxy) is 1. The number of benzene rings is 1. The second-order valence-corrected chi connectivity index (χ2v) is 8.42. The zero-order valence-electron chi connectivity index (χ0n) is 17.4. The summed E-state index contributed by atoms with van der Waals surface area (Å²) in [6.07, 6.45) is 0. The number of ketones is 1. The Morgan fingerprint density at radius 3 is 2.55 bits per heavy atom. The first kappa shape index (κ1) is 21.1. The van der Waals surface area contributed by atoms with Crippen molar-refractivity contribution in [1.82, 2.24) is 9.80 Å². The van der Waals surface area contributed by atoms with Crippen molar-refractivity contribution in [1.29, 1.82) is 0 Å². The fraction of sp³-hybridized carbons (Fsp3) is 0.364. The van der Waals surface area contributed by atoms with Gasteiger partial charge in [-0.2, -0.15) is 0 Å². The molecule has 0 spiro atoms. The minimum absolute atomic E-state index is 0.114. The molecular weight excluding hydrogens is 388 g/mol. The quantitative estimate of drug-likeness (QED) is 0.446. The molecule has 6 nitrogen and oxygen atoms in total. The molecule has 2 heterocycles. The van der Waals surface area contributed by atoms with Crippen molar-refractivity contribution in [3.8, 4) is 5.75 Å². The summed E-state index contributed by atoms with van der Waals surface area (Å²) in [6, 6.07) is 6.73. The molecule has 1 saturated heterocycles. The van der Waals surface area contributed by atoms with Crippen molar-refractivity contribution in [2.45, 2.75) is 19.9 Å². The van der Waals surface area contributed by atoms with Crippen molar-refractivity contribution in [2.24, 2.45) is 0 Å². The molecule has 1 aromatic carbocycles. The van der Waals surface area contributed by atoms with Gasteiger partial charge in [0.25, 0.3) is 11.7 Å². The number of carbonyl (C=O) groups is 2. The van der Waals surface area contributed by atoms with Crippen LogP contribution in [-0.4, -0.2) is 60.9 Å². The monoisotopic (exact) mass is 414 g/mol. The number of carbonyl (C=O) groups excluding carboxylic acids is 2. The van der Waals surface area contributed by atoms with Crippen LogP contribution >= 0.6 is 11.3 Å². The standard InChI is InChI=1S/C22H26N2O4S/c1-13-6-7-16(28-5)15(12-13)19(25)17-18(21-14(2)8-11-29-21)24(10-9-23(3)4)22(27)20(17)26/h6-8,11-12,18,25H,9-10H2,1-5H3/b19-17+. The summed E-state index contributed by atoms with van der Waals surface area (Å²) >= 11 is 1.48. The number of aryl methyl sites for hydroxylation is 2. The first-order valence-electron chi connectivity index (χ1n) is 9.38. The van der Waals surface area contributed by atoms with Gasteiger partial charge in [0.05, 0.1) is 24.3 Å². The van der Waals surface area contributed by atoms with Gasteiger partial charge in [0.2, 0.25) is 0 Å². The van der Waals surface area contributed by atoms with Gasteiger partial charge in [0.1, 0.15) is 11.5 Å². The van der Waals surface area contributed by atoms with E-state index in [-0.39, 0.29) is 11.3 Å². The van der Waals surface area contributed by atoms with Gasteiger partial charge in [0.15, 0.2) is 0 Å². The number of rotatable bonds is 6. The summed E-state index contributed by atoms with van der Waals surface area (Å²) in [4.78, 5) is 30.3. The number of hydrogen-bond acceptors (Lipinski definition) is 6. The summed E-state index contributed by atoms with van der Waals surface area (Å²) in [5.41, 5.74) is 2.43. The van der Waals surface area contributed by atoms with Gasteiger partial charge in [0, 0.05) is 18.0 Å². The highest BCUT2D eigenvalue weighted by Crippen LogP contribution is 2.43. The number of aliphatic hydroxyl groups excluding tert-OH is 1. The fourth-order valence-corrected chi connectivity index (χ4v) is 4.55. The molecule has 1 unspecified atom stereocenters. The predicted octanol–water partition coefficient (Wildman–Crippen LogP) is 3.36. The average molecular weight is 415 g/mol. The molecule has 1 N–H and O–H groups in total. The van der Waals surface area contributed by atoms with E-state index in [1.54, 1.807) is 17.0 Å². The Labute approximate surface area is 175 Å². The molecule has 0 saturated carbocycles. The van der Waals surface area contributed by atoms with Gasteiger partial charge in [-0.05, 0) is 57.1 Å². The first-order chi connectivity index (χ1) is 13.8.